The maximum absolute atomic E-state index is 11.2. The van der Waals surface area contributed by atoms with Gasteiger partial charge in [0.2, 0.25) is 0 Å². The lowest BCUT2D eigenvalue weighted by Gasteiger charge is -2.16. The SMILES string of the molecule is Cc1c(Cl)cccc1NC[C@H](CC(=O)O)c1nc2ccccc2[nH]1. The van der Waals surface area contributed by atoms with Crippen LogP contribution in [0.2, 0.25) is 5.02 Å². The molecule has 0 saturated carbocycles. The minimum Gasteiger partial charge on any atom is -0.481 e. The minimum absolute atomic E-state index is 0.00750. The molecule has 0 aliphatic rings. The molecule has 0 bridgehead atoms. The second-order valence-electron chi connectivity index (χ2n) is 5.73. The van der Waals surface area contributed by atoms with E-state index in [4.69, 9.17) is 11.6 Å². The van der Waals surface area contributed by atoms with Crippen molar-refractivity contribution in [3.8, 4) is 0 Å². The minimum atomic E-state index is -0.856. The Kier molecular flexibility index (Phi) is 4.71. The second kappa shape index (κ2) is 6.93. The van der Waals surface area contributed by atoms with Crippen LogP contribution in [0.1, 0.15) is 23.7 Å². The summed E-state index contributed by atoms with van der Waals surface area (Å²) in [7, 11) is 0. The molecule has 0 spiro atoms. The molecule has 0 saturated heterocycles. The zero-order valence-electron chi connectivity index (χ0n) is 13.2. The van der Waals surface area contributed by atoms with Gasteiger partial charge in [-0.3, -0.25) is 4.79 Å². The van der Waals surface area contributed by atoms with E-state index in [-0.39, 0.29) is 12.3 Å². The number of aromatic amines is 1. The molecule has 124 valence electrons. The molecule has 1 aromatic heterocycles. The van der Waals surface area contributed by atoms with Gasteiger partial charge in [-0.2, -0.15) is 0 Å². The lowest BCUT2D eigenvalue weighted by Crippen LogP contribution is -2.18. The van der Waals surface area contributed by atoms with Gasteiger partial charge in [0, 0.05) is 23.2 Å². The Morgan fingerprint density at radius 1 is 1.29 bits per heavy atom. The molecule has 6 heteroatoms. The van der Waals surface area contributed by atoms with Crippen molar-refractivity contribution in [3.63, 3.8) is 0 Å². The number of H-pyrrole nitrogens is 1. The quantitative estimate of drug-likeness (QED) is 0.627. The zero-order valence-corrected chi connectivity index (χ0v) is 14.0. The van der Waals surface area contributed by atoms with Crippen molar-refractivity contribution < 1.29 is 9.90 Å². The third kappa shape index (κ3) is 3.51. The van der Waals surface area contributed by atoms with Gasteiger partial charge in [0.1, 0.15) is 5.82 Å². The van der Waals surface area contributed by atoms with Gasteiger partial charge >= 0.3 is 5.97 Å². The molecule has 1 heterocycles. The number of imidazole rings is 1. The highest BCUT2D eigenvalue weighted by Gasteiger charge is 2.19. The molecule has 2 aromatic carbocycles. The molecule has 0 aliphatic carbocycles. The second-order valence-corrected chi connectivity index (χ2v) is 6.13. The van der Waals surface area contributed by atoms with Crippen LogP contribution in [0.25, 0.3) is 11.0 Å². The summed E-state index contributed by atoms with van der Waals surface area (Å²) in [4.78, 5) is 19.0. The Balaban J connectivity index is 1.83. The Morgan fingerprint density at radius 3 is 2.83 bits per heavy atom. The van der Waals surface area contributed by atoms with Crippen LogP contribution in [-0.4, -0.2) is 27.6 Å². The summed E-state index contributed by atoms with van der Waals surface area (Å²) in [5.41, 5.74) is 3.58. The molecule has 3 rings (SSSR count). The van der Waals surface area contributed by atoms with E-state index in [1.165, 1.54) is 0 Å². The van der Waals surface area contributed by atoms with Gasteiger partial charge in [-0.1, -0.05) is 29.8 Å². The van der Waals surface area contributed by atoms with E-state index in [9.17, 15) is 9.90 Å². The number of aliphatic carboxylic acids is 1. The highest BCUT2D eigenvalue weighted by atomic mass is 35.5. The van der Waals surface area contributed by atoms with Crippen molar-refractivity contribution in [2.45, 2.75) is 19.3 Å². The molecule has 0 radical (unpaired) electrons. The highest BCUT2D eigenvalue weighted by molar-refractivity contribution is 6.31. The van der Waals surface area contributed by atoms with Gasteiger partial charge in [-0.25, -0.2) is 4.98 Å². The van der Waals surface area contributed by atoms with Crippen LogP contribution in [0.15, 0.2) is 42.5 Å². The largest absolute Gasteiger partial charge is 0.481 e. The summed E-state index contributed by atoms with van der Waals surface area (Å²) in [6.07, 6.45) is -0.00750. The van der Waals surface area contributed by atoms with E-state index in [1.54, 1.807) is 0 Å². The number of carboxylic acid groups (broad SMARTS) is 1. The predicted molar refractivity (Wildman–Crippen MR) is 95.8 cm³/mol. The maximum Gasteiger partial charge on any atom is 0.304 e. The highest BCUT2D eigenvalue weighted by Crippen LogP contribution is 2.25. The summed E-state index contributed by atoms with van der Waals surface area (Å²) in [6, 6.07) is 13.3. The average molecular weight is 344 g/mol. The number of hydrogen-bond donors (Lipinski definition) is 3. The lowest BCUT2D eigenvalue weighted by molar-refractivity contribution is -0.137. The smallest absolute Gasteiger partial charge is 0.304 e. The third-order valence-corrected chi connectivity index (χ3v) is 4.43. The van der Waals surface area contributed by atoms with Gasteiger partial charge in [0.25, 0.3) is 0 Å². The zero-order chi connectivity index (χ0) is 17.1. The first-order chi connectivity index (χ1) is 11.5. The van der Waals surface area contributed by atoms with Crippen molar-refractivity contribution in [1.82, 2.24) is 9.97 Å². The Morgan fingerprint density at radius 2 is 2.08 bits per heavy atom. The van der Waals surface area contributed by atoms with Crippen molar-refractivity contribution >= 4 is 34.3 Å². The molecule has 0 amide bonds. The Labute approximate surface area is 144 Å². The number of nitrogens with zero attached hydrogens (tertiary/aromatic N) is 1. The van der Waals surface area contributed by atoms with Crippen LogP contribution >= 0.6 is 11.6 Å². The molecule has 0 fully saturated rings. The average Bonchev–Trinajstić information content (AvgIpc) is 2.98. The van der Waals surface area contributed by atoms with Gasteiger partial charge in [0.15, 0.2) is 0 Å². The number of rotatable bonds is 6. The number of halogens is 1. The normalized spacial score (nSPS) is 12.2. The van der Waals surface area contributed by atoms with E-state index in [2.05, 4.69) is 15.3 Å². The molecule has 0 aliphatic heterocycles. The maximum atomic E-state index is 11.2. The van der Waals surface area contributed by atoms with Crippen molar-refractivity contribution in [3.05, 3.63) is 58.9 Å². The van der Waals surface area contributed by atoms with E-state index < -0.39 is 5.97 Å². The monoisotopic (exact) mass is 343 g/mol. The number of benzene rings is 2. The molecular formula is C18H18ClN3O2. The van der Waals surface area contributed by atoms with Crippen LogP contribution in [0.4, 0.5) is 5.69 Å². The standard InChI is InChI=1S/C18H18ClN3O2/c1-11-13(19)5-4-8-14(11)20-10-12(9-17(23)24)18-21-15-6-2-3-7-16(15)22-18/h2-8,12,20H,9-10H2,1H3,(H,21,22)(H,23,24)/t12-/m0/s1. The Hall–Kier alpha value is -2.53. The summed E-state index contributed by atoms with van der Waals surface area (Å²) < 4.78 is 0. The van der Waals surface area contributed by atoms with Crippen LogP contribution in [0.5, 0.6) is 0 Å². The van der Waals surface area contributed by atoms with E-state index in [0.29, 0.717) is 17.4 Å². The molecule has 3 aromatic rings. The topological polar surface area (TPSA) is 78.0 Å². The Bertz CT molecular complexity index is 843. The van der Waals surface area contributed by atoms with Gasteiger partial charge in [-0.05, 0) is 36.8 Å². The van der Waals surface area contributed by atoms with Gasteiger partial charge in [-0.15, -0.1) is 0 Å². The third-order valence-electron chi connectivity index (χ3n) is 4.02. The van der Waals surface area contributed by atoms with Gasteiger partial charge < -0.3 is 15.4 Å². The molecule has 5 nitrogen and oxygen atoms in total. The number of fused-ring (bicyclic) bond motifs is 1. The molecular weight excluding hydrogens is 326 g/mol. The fraction of sp³-hybridized carbons (Fsp3) is 0.222. The van der Waals surface area contributed by atoms with Crippen molar-refractivity contribution in [2.24, 2.45) is 0 Å². The number of carboxylic acids is 1. The van der Waals surface area contributed by atoms with E-state index >= 15 is 0 Å². The number of carbonyl (C=O) groups is 1. The van der Waals surface area contributed by atoms with E-state index in [1.807, 2.05) is 49.4 Å². The lowest BCUT2D eigenvalue weighted by atomic mass is 10.0. The number of para-hydroxylation sites is 2. The first-order valence-corrected chi connectivity index (χ1v) is 8.08. The van der Waals surface area contributed by atoms with Crippen LogP contribution in [0.3, 0.4) is 0 Å². The first-order valence-electron chi connectivity index (χ1n) is 7.70. The first kappa shape index (κ1) is 16.3. The molecule has 3 N–H and O–H groups in total. The molecule has 24 heavy (non-hydrogen) atoms. The summed E-state index contributed by atoms with van der Waals surface area (Å²) in [5, 5.41) is 13.2. The van der Waals surface area contributed by atoms with Crippen molar-refractivity contribution in [1.29, 1.82) is 0 Å². The molecule has 1 atom stereocenters. The predicted octanol–water partition coefficient (Wildman–Crippen LogP) is 4.20. The molecule has 0 unspecified atom stereocenters. The van der Waals surface area contributed by atoms with Crippen molar-refractivity contribution in [2.75, 3.05) is 11.9 Å². The number of aromatic nitrogens is 2. The fourth-order valence-corrected chi connectivity index (χ4v) is 2.85. The summed E-state index contributed by atoms with van der Waals surface area (Å²) in [6.45, 7) is 2.38. The fourth-order valence-electron chi connectivity index (χ4n) is 2.67. The van der Waals surface area contributed by atoms with Crippen LogP contribution < -0.4 is 5.32 Å². The number of anilines is 1. The summed E-state index contributed by atoms with van der Waals surface area (Å²) in [5.74, 6) is -0.455. The van der Waals surface area contributed by atoms with E-state index in [0.717, 1.165) is 22.3 Å². The van der Waals surface area contributed by atoms with Gasteiger partial charge in [0.05, 0.1) is 17.5 Å². The summed E-state index contributed by atoms with van der Waals surface area (Å²) >= 11 is 6.13. The number of hydrogen-bond acceptors (Lipinski definition) is 3. The van der Waals surface area contributed by atoms with Crippen LogP contribution in [-0.2, 0) is 4.79 Å². The number of nitrogens with one attached hydrogen (secondary N) is 2. The van der Waals surface area contributed by atoms with Crippen LogP contribution in [0, 0.1) is 6.92 Å².